The van der Waals surface area contributed by atoms with Gasteiger partial charge in [-0.3, -0.25) is 19.8 Å². The summed E-state index contributed by atoms with van der Waals surface area (Å²) in [5, 5.41) is 12.9. The van der Waals surface area contributed by atoms with Gasteiger partial charge in [0, 0.05) is 75.1 Å². The Bertz CT molecular complexity index is 2590. The fourth-order valence-corrected chi connectivity index (χ4v) is 9.17. The fraction of sp³-hybridized carbons (Fsp3) is 0.205. The number of fused-ring (bicyclic) bond motifs is 2. The number of amides is 1. The first-order valence-corrected chi connectivity index (χ1v) is 20.2. The average molecular weight is 781 g/mol. The van der Waals surface area contributed by atoms with E-state index in [1.54, 1.807) is 89.8 Å². The first-order chi connectivity index (χ1) is 26.4. The summed E-state index contributed by atoms with van der Waals surface area (Å²) in [6, 6.07) is 28.6. The topological polar surface area (TPSA) is 173 Å². The Kier molecular flexibility index (Phi) is 10.6. The zero-order valence-electron chi connectivity index (χ0n) is 29.6. The van der Waals surface area contributed by atoms with Crippen LogP contribution in [-0.4, -0.2) is 91.0 Å². The number of carbonyl (C=O) groups excluding carboxylic acids is 1. The summed E-state index contributed by atoms with van der Waals surface area (Å²) in [6.07, 6.45) is 2.79. The number of rotatable bonds is 12. The minimum absolute atomic E-state index is 0.00777. The highest BCUT2D eigenvalue weighted by molar-refractivity contribution is 7.89. The molecule has 0 saturated carbocycles. The minimum Gasteiger partial charge on any atom is -0.378 e. The van der Waals surface area contributed by atoms with E-state index in [9.17, 15) is 31.7 Å². The average Bonchev–Trinajstić information content (AvgIpc) is 3.20. The van der Waals surface area contributed by atoms with E-state index in [-0.39, 0.29) is 27.9 Å². The normalized spacial score (nSPS) is 14.6. The van der Waals surface area contributed by atoms with Gasteiger partial charge in [0.1, 0.15) is 11.8 Å². The molecule has 14 nitrogen and oxygen atoms in total. The van der Waals surface area contributed by atoms with Gasteiger partial charge in [-0.25, -0.2) is 18.4 Å². The van der Waals surface area contributed by atoms with Gasteiger partial charge in [0.15, 0.2) is 5.03 Å². The maximum atomic E-state index is 14.4. The van der Waals surface area contributed by atoms with Crippen LogP contribution in [0.3, 0.4) is 0 Å². The SMILES string of the molecule is CN(C(Cc1ccc(OS(=O)(=O)c2nccc3ccccc23)cc1)C(=O)N1CCN(Cc2ccc([N+](=O)[O-])cc2)CC1)S(=O)(=O)c1nccc2ccccc12. The van der Waals surface area contributed by atoms with Crippen molar-refractivity contribution in [3.05, 3.63) is 143 Å². The number of benzene rings is 4. The Balaban J connectivity index is 1.12. The predicted molar refractivity (Wildman–Crippen MR) is 205 cm³/mol. The summed E-state index contributed by atoms with van der Waals surface area (Å²) >= 11 is 0. The van der Waals surface area contributed by atoms with Gasteiger partial charge in [-0.05, 0) is 52.6 Å². The highest BCUT2D eigenvalue weighted by Gasteiger charge is 2.38. The molecule has 55 heavy (non-hydrogen) atoms. The number of nitrogens with zero attached hydrogens (tertiary/aromatic N) is 6. The largest absolute Gasteiger partial charge is 0.378 e. The third-order valence-electron chi connectivity index (χ3n) is 9.65. The van der Waals surface area contributed by atoms with Gasteiger partial charge in [-0.1, -0.05) is 72.8 Å². The molecule has 7 rings (SSSR count). The molecule has 1 aliphatic heterocycles. The van der Waals surface area contributed by atoms with E-state index in [1.165, 1.54) is 43.7 Å². The second kappa shape index (κ2) is 15.5. The lowest BCUT2D eigenvalue weighted by Gasteiger charge is -2.38. The smallest absolute Gasteiger partial charge is 0.357 e. The fourth-order valence-electron chi connectivity index (χ4n) is 6.65. The van der Waals surface area contributed by atoms with Crippen molar-refractivity contribution in [2.24, 2.45) is 0 Å². The van der Waals surface area contributed by atoms with Gasteiger partial charge in [-0.15, -0.1) is 0 Å². The Hall–Kier alpha value is -5.81. The van der Waals surface area contributed by atoms with E-state index in [4.69, 9.17) is 4.18 Å². The van der Waals surface area contributed by atoms with Crippen LogP contribution in [0.4, 0.5) is 5.69 Å². The van der Waals surface area contributed by atoms with Crippen LogP contribution >= 0.6 is 0 Å². The molecule has 1 unspecified atom stereocenters. The third-order valence-corrected chi connectivity index (χ3v) is 12.7. The molecule has 282 valence electrons. The number of piperazine rings is 1. The second-order valence-electron chi connectivity index (χ2n) is 13.1. The quantitative estimate of drug-likeness (QED) is 0.0926. The number of carbonyl (C=O) groups is 1. The Labute approximate surface area is 317 Å². The van der Waals surface area contributed by atoms with Gasteiger partial charge in [-0.2, -0.15) is 12.7 Å². The molecular weight excluding hydrogens is 745 g/mol. The molecule has 4 aromatic carbocycles. The second-order valence-corrected chi connectivity index (χ2v) is 16.5. The summed E-state index contributed by atoms with van der Waals surface area (Å²) in [5.41, 5.74) is 1.47. The third kappa shape index (κ3) is 8.02. The van der Waals surface area contributed by atoms with Crippen molar-refractivity contribution in [1.82, 2.24) is 24.1 Å². The van der Waals surface area contributed by atoms with Crippen LogP contribution in [0.5, 0.6) is 5.75 Å². The first-order valence-electron chi connectivity index (χ1n) is 17.3. The van der Waals surface area contributed by atoms with Crippen LogP contribution in [0.2, 0.25) is 0 Å². The Morgan fingerprint density at radius 1 is 0.764 bits per heavy atom. The Morgan fingerprint density at radius 2 is 1.31 bits per heavy atom. The number of non-ortho nitro benzene ring substituents is 1. The van der Waals surface area contributed by atoms with Crippen molar-refractivity contribution in [3.63, 3.8) is 0 Å². The molecule has 0 radical (unpaired) electrons. The van der Waals surface area contributed by atoms with Crippen LogP contribution < -0.4 is 4.18 Å². The molecule has 1 saturated heterocycles. The number of nitro groups is 1. The van der Waals surface area contributed by atoms with Gasteiger partial charge < -0.3 is 9.08 Å². The maximum absolute atomic E-state index is 14.4. The van der Waals surface area contributed by atoms with Crippen LogP contribution in [-0.2, 0) is 37.9 Å². The van der Waals surface area contributed by atoms with Crippen molar-refractivity contribution in [2.75, 3.05) is 33.2 Å². The molecule has 16 heteroatoms. The number of sulfonamides is 1. The van der Waals surface area contributed by atoms with E-state index in [1.807, 2.05) is 0 Å². The number of aromatic nitrogens is 2. The van der Waals surface area contributed by atoms with E-state index in [0.29, 0.717) is 59.8 Å². The predicted octanol–water partition coefficient (Wildman–Crippen LogP) is 5.04. The lowest BCUT2D eigenvalue weighted by atomic mass is 10.0. The van der Waals surface area contributed by atoms with Crippen LogP contribution in [0.1, 0.15) is 11.1 Å². The molecule has 0 N–H and O–H groups in total. The van der Waals surface area contributed by atoms with Crippen molar-refractivity contribution >= 4 is 53.3 Å². The van der Waals surface area contributed by atoms with Crippen molar-refractivity contribution < 1.29 is 30.7 Å². The molecule has 1 atom stereocenters. The molecule has 0 aliphatic carbocycles. The summed E-state index contributed by atoms with van der Waals surface area (Å²) in [7, 11) is -7.25. The van der Waals surface area contributed by atoms with Crippen molar-refractivity contribution in [2.45, 2.75) is 29.1 Å². The molecule has 1 aliphatic rings. The molecular formula is C39H36N6O8S2. The molecule has 3 heterocycles. The maximum Gasteiger partial charge on any atom is 0.357 e. The number of likely N-dealkylation sites (N-methyl/N-ethyl adjacent to an activating group) is 1. The minimum atomic E-state index is -4.31. The number of nitro benzene ring substituents is 1. The van der Waals surface area contributed by atoms with Crippen molar-refractivity contribution in [1.29, 1.82) is 0 Å². The van der Waals surface area contributed by atoms with Crippen LogP contribution in [0.15, 0.2) is 132 Å². The molecule has 0 bridgehead atoms. The molecule has 2 aromatic heterocycles. The van der Waals surface area contributed by atoms with Crippen molar-refractivity contribution in [3.8, 4) is 5.75 Å². The monoisotopic (exact) mass is 780 g/mol. The zero-order valence-corrected chi connectivity index (χ0v) is 31.3. The number of hydrogen-bond donors (Lipinski definition) is 0. The molecule has 1 fully saturated rings. The summed E-state index contributed by atoms with van der Waals surface area (Å²) in [4.78, 5) is 37.1. The van der Waals surface area contributed by atoms with Gasteiger partial charge in [0.2, 0.25) is 10.9 Å². The highest BCUT2D eigenvalue weighted by atomic mass is 32.2. The van der Waals surface area contributed by atoms with E-state index in [2.05, 4.69) is 14.9 Å². The molecule has 6 aromatic rings. The number of hydrogen-bond acceptors (Lipinski definition) is 11. The standard InChI is InChI=1S/C39H36N6O8S2/c1-42(54(49,50)37-34-8-4-2-6-30(34)18-20-40-37)36(39(46)44-24-22-43(23-25-44)27-29-10-14-32(15-11-29)45(47)48)26-28-12-16-33(17-13-28)53-55(51,52)38-35-9-5-3-7-31(35)19-21-41-38/h2-21,36H,22-27H2,1H3. The lowest BCUT2D eigenvalue weighted by molar-refractivity contribution is -0.384. The molecule has 1 amide bonds. The van der Waals surface area contributed by atoms with E-state index in [0.717, 1.165) is 9.87 Å². The Morgan fingerprint density at radius 3 is 1.91 bits per heavy atom. The van der Waals surface area contributed by atoms with E-state index >= 15 is 0 Å². The lowest BCUT2D eigenvalue weighted by Crippen LogP contribution is -2.55. The number of pyridine rings is 2. The summed E-state index contributed by atoms with van der Waals surface area (Å²) in [5.74, 6) is -0.377. The van der Waals surface area contributed by atoms with Gasteiger partial charge in [0.05, 0.1) is 4.92 Å². The van der Waals surface area contributed by atoms with Gasteiger partial charge in [0.25, 0.3) is 15.7 Å². The van der Waals surface area contributed by atoms with Crippen LogP contribution in [0, 0.1) is 10.1 Å². The van der Waals surface area contributed by atoms with Crippen LogP contribution in [0.25, 0.3) is 21.5 Å². The van der Waals surface area contributed by atoms with E-state index < -0.39 is 37.0 Å². The summed E-state index contributed by atoms with van der Waals surface area (Å²) < 4.78 is 61.6. The zero-order chi connectivity index (χ0) is 38.7. The highest BCUT2D eigenvalue weighted by Crippen LogP contribution is 2.28. The van der Waals surface area contributed by atoms with Gasteiger partial charge >= 0.3 is 10.1 Å². The molecule has 0 spiro atoms. The summed E-state index contributed by atoms with van der Waals surface area (Å²) in [6.45, 7) is 2.20. The first kappa shape index (κ1) is 37.5.